The third-order valence-corrected chi connectivity index (χ3v) is 11.2. The Balaban J connectivity index is 0.820. The van der Waals surface area contributed by atoms with Crippen LogP contribution in [0.5, 0.6) is 34.5 Å². The summed E-state index contributed by atoms with van der Waals surface area (Å²) in [6.45, 7) is 9.17. The summed E-state index contributed by atoms with van der Waals surface area (Å²) in [5.41, 5.74) is 6.96. The zero-order chi connectivity index (χ0) is 42.5. The van der Waals surface area contributed by atoms with Crippen molar-refractivity contribution in [3.63, 3.8) is 0 Å². The van der Waals surface area contributed by atoms with Gasteiger partial charge >= 0.3 is 0 Å². The average molecular weight is 823 g/mol. The molecular weight excluding hydrogens is 785 g/mol. The maximum atomic E-state index is 12.6. The van der Waals surface area contributed by atoms with Gasteiger partial charge < -0.3 is 28.7 Å². The van der Waals surface area contributed by atoms with Crippen molar-refractivity contribution in [1.29, 1.82) is 0 Å². The molecule has 12 nitrogen and oxygen atoms in total. The van der Waals surface area contributed by atoms with E-state index in [2.05, 4.69) is 23.0 Å². The van der Waals surface area contributed by atoms with E-state index in [4.69, 9.17) is 18.9 Å². The molecule has 2 fully saturated rings. The van der Waals surface area contributed by atoms with Gasteiger partial charge in [0, 0.05) is 52.3 Å². The number of amides is 4. The van der Waals surface area contributed by atoms with Crippen LogP contribution in [0.25, 0.3) is 11.1 Å². The second-order valence-electron chi connectivity index (χ2n) is 15.4. The highest BCUT2D eigenvalue weighted by atomic mass is 16.5. The molecule has 62 heavy (non-hydrogen) atoms. The first-order valence-corrected chi connectivity index (χ1v) is 20.0. The first-order valence-electron chi connectivity index (χ1n) is 20.0. The van der Waals surface area contributed by atoms with E-state index in [0.29, 0.717) is 72.4 Å². The summed E-state index contributed by atoms with van der Waals surface area (Å²) >= 11 is 0. The molecule has 4 aliphatic rings. The van der Waals surface area contributed by atoms with Gasteiger partial charge in [-0.05, 0) is 109 Å². The molecule has 0 bridgehead atoms. The predicted octanol–water partition coefficient (Wildman–Crippen LogP) is 9.29. The molecule has 0 spiro atoms. The van der Waals surface area contributed by atoms with Gasteiger partial charge in [0.1, 0.15) is 34.5 Å². The number of rotatable bonds is 9. The molecule has 306 valence electrons. The number of carbonyl (C=O) groups excluding carboxylic acids is 4. The quantitative estimate of drug-likeness (QED) is 0.103. The molecule has 0 N–H and O–H groups in total. The standard InChI is InChI=1S/C50H38N4O8/c1-31-22-47(55)53(49(31)57)38-12-19-44-34(24-38)27-51(29-59-44)36-8-14-40(15-9-36)61-42-18-21-46(43(26-42)33-6-4-3-5-7-33)62-41-16-10-37(11-17-41)52-28-35-25-39(13-20-45(35)60-30-52)54-48(56)23-32(2)50(54)58/h3-21,24-26H,1-2,22-23,27-30H2. The summed E-state index contributed by atoms with van der Waals surface area (Å²) in [4.78, 5) is 56.6. The largest absolute Gasteiger partial charge is 0.473 e. The molecular formula is C50H38N4O8. The Labute approximate surface area is 357 Å². The van der Waals surface area contributed by atoms with Gasteiger partial charge in [-0.2, -0.15) is 0 Å². The van der Waals surface area contributed by atoms with Gasteiger partial charge in [-0.3, -0.25) is 19.2 Å². The molecule has 0 aliphatic carbocycles. The van der Waals surface area contributed by atoms with Crippen molar-refractivity contribution in [1.82, 2.24) is 0 Å². The number of imide groups is 2. The van der Waals surface area contributed by atoms with Crippen LogP contribution < -0.4 is 38.5 Å². The second-order valence-corrected chi connectivity index (χ2v) is 15.4. The van der Waals surface area contributed by atoms with Gasteiger partial charge in [0.15, 0.2) is 13.5 Å². The first kappa shape index (κ1) is 38.1. The van der Waals surface area contributed by atoms with Crippen LogP contribution in [0.3, 0.4) is 0 Å². The van der Waals surface area contributed by atoms with Crippen LogP contribution in [0, 0.1) is 0 Å². The van der Waals surface area contributed by atoms with Crippen LogP contribution in [0.4, 0.5) is 22.7 Å². The predicted molar refractivity (Wildman–Crippen MR) is 234 cm³/mol. The van der Waals surface area contributed by atoms with Gasteiger partial charge in [-0.1, -0.05) is 43.5 Å². The number of hydrogen-bond donors (Lipinski definition) is 0. The molecule has 4 amide bonds. The Bertz CT molecular complexity index is 2840. The van der Waals surface area contributed by atoms with Crippen LogP contribution >= 0.6 is 0 Å². The normalized spacial score (nSPS) is 16.0. The van der Waals surface area contributed by atoms with E-state index in [0.717, 1.165) is 33.6 Å². The van der Waals surface area contributed by atoms with Gasteiger partial charge in [0.05, 0.1) is 24.2 Å². The highest BCUT2D eigenvalue weighted by Gasteiger charge is 2.36. The van der Waals surface area contributed by atoms with Crippen LogP contribution in [0.15, 0.2) is 158 Å². The Morgan fingerprint density at radius 3 is 1.44 bits per heavy atom. The van der Waals surface area contributed by atoms with Crippen LogP contribution in [0.2, 0.25) is 0 Å². The number of benzene rings is 6. The van der Waals surface area contributed by atoms with Crippen LogP contribution in [-0.4, -0.2) is 37.1 Å². The van der Waals surface area contributed by atoms with Gasteiger partial charge in [0.2, 0.25) is 11.8 Å². The lowest BCUT2D eigenvalue weighted by Crippen LogP contribution is -2.33. The van der Waals surface area contributed by atoms with E-state index in [1.165, 1.54) is 9.80 Å². The molecule has 4 heterocycles. The summed E-state index contributed by atoms with van der Waals surface area (Å²) in [6, 6.07) is 41.9. The Kier molecular flexibility index (Phi) is 9.52. The van der Waals surface area contributed by atoms with E-state index in [1.807, 2.05) is 109 Å². The molecule has 6 aromatic carbocycles. The molecule has 0 aromatic heterocycles. The fourth-order valence-electron chi connectivity index (χ4n) is 8.03. The molecule has 4 aliphatic heterocycles. The van der Waals surface area contributed by atoms with Crippen molar-refractivity contribution in [2.75, 3.05) is 33.1 Å². The third-order valence-electron chi connectivity index (χ3n) is 11.2. The zero-order valence-corrected chi connectivity index (χ0v) is 33.4. The summed E-state index contributed by atoms with van der Waals surface area (Å²) in [7, 11) is 0. The summed E-state index contributed by atoms with van der Waals surface area (Å²) in [6.07, 6.45) is 0.0523. The molecule has 12 heteroatoms. The van der Waals surface area contributed by atoms with Gasteiger partial charge in [-0.25, -0.2) is 9.80 Å². The molecule has 0 unspecified atom stereocenters. The third kappa shape index (κ3) is 7.17. The van der Waals surface area contributed by atoms with E-state index in [9.17, 15) is 19.2 Å². The van der Waals surface area contributed by atoms with E-state index in [1.54, 1.807) is 24.3 Å². The molecule has 0 saturated carbocycles. The Morgan fingerprint density at radius 1 is 0.484 bits per heavy atom. The first-order chi connectivity index (χ1) is 30.1. The highest BCUT2D eigenvalue weighted by molar-refractivity contribution is 6.28. The fraction of sp³-hybridized carbons (Fsp3) is 0.120. The number of anilines is 4. The number of carbonyl (C=O) groups is 4. The molecule has 10 rings (SSSR count). The number of nitrogens with zero attached hydrogens (tertiary/aromatic N) is 4. The Hall–Kier alpha value is -8.12. The summed E-state index contributed by atoms with van der Waals surface area (Å²) in [5, 5.41) is 0. The minimum Gasteiger partial charge on any atom is -0.473 e. The van der Waals surface area contributed by atoms with Crippen molar-refractivity contribution >= 4 is 46.4 Å². The summed E-state index contributed by atoms with van der Waals surface area (Å²) in [5.74, 6) is 2.68. The summed E-state index contributed by atoms with van der Waals surface area (Å²) < 4.78 is 24.9. The number of ether oxygens (including phenoxy) is 4. The van der Waals surface area contributed by atoms with Crippen molar-refractivity contribution in [2.24, 2.45) is 0 Å². The van der Waals surface area contributed by atoms with Crippen molar-refractivity contribution in [3.05, 3.63) is 169 Å². The highest BCUT2D eigenvalue weighted by Crippen LogP contribution is 2.40. The SMILES string of the molecule is C=C1CC(=O)N(c2ccc3c(c2)CN(c2ccc(Oc4ccc(Oc5ccc(N6COc7ccc(N8C(=O)CC(=C)C8=O)cc7C6)cc5)c(-c5ccccc5)c4)cc2)CO3)C1=O. The number of hydrogen-bond acceptors (Lipinski definition) is 10. The lowest BCUT2D eigenvalue weighted by atomic mass is 10.0. The van der Waals surface area contributed by atoms with Crippen LogP contribution in [0.1, 0.15) is 24.0 Å². The minimum absolute atomic E-state index is 0.0258. The number of fused-ring (bicyclic) bond motifs is 2. The van der Waals surface area contributed by atoms with Crippen molar-refractivity contribution in [3.8, 4) is 45.6 Å². The average Bonchev–Trinajstić information content (AvgIpc) is 3.71. The molecule has 0 radical (unpaired) electrons. The molecule has 6 aromatic rings. The van der Waals surface area contributed by atoms with E-state index >= 15 is 0 Å². The lowest BCUT2D eigenvalue weighted by molar-refractivity contribution is -0.122. The lowest BCUT2D eigenvalue weighted by Gasteiger charge is -2.31. The maximum absolute atomic E-state index is 12.6. The monoisotopic (exact) mass is 822 g/mol. The second kappa shape index (κ2) is 15.5. The minimum atomic E-state index is -0.372. The smallest absolute Gasteiger partial charge is 0.260 e. The van der Waals surface area contributed by atoms with Crippen molar-refractivity contribution in [2.45, 2.75) is 25.9 Å². The van der Waals surface area contributed by atoms with Crippen LogP contribution in [-0.2, 0) is 32.3 Å². The van der Waals surface area contributed by atoms with Gasteiger partial charge in [-0.15, -0.1) is 0 Å². The van der Waals surface area contributed by atoms with Gasteiger partial charge in [0.25, 0.3) is 11.8 Å². The Morgan fingerprint density at radius 2 is 0.952 bits per heavy atom. The zero-order valence-electron chi connectivity index (χ0n) is 33.4. The van der Waals surface area contributed by atoms with E-state index < -0.39 is 0 Å². The molecule has 0 atom stereocenters. The maximum Gasteiger partial charge on any atom is 0.260 e. The van der Waals surface area contributed by atoms with E-state index in [-0.39, 0.29) is 47.6 Å². The molecule has 2 saturated heterocycles. The topological polar surface area (TPSA) is 118 Å². The van der Waals surface area contributed by atoms with Crippen molar-refractivity contribution < 1.29 is 38.1 Å². The fourth-order valence-corrected chi connectivity index (χ4v) is 8.03.